The molecule has 0 saturated carbocycles. The lowest BCUT2D eigenvalue weighted by molar-refractivity contribution is -0.407. The van der Waals surface area contributed by atoms with Gasteiger partial charge in [-0.1, -0.05) is 24.3 Å². The molecule has 1 aromatic carbocycles. The maximum absolute atomic E-state index is 11.3. The molecular weight excluding hydrogens is 258 g/mol. The van der Waals surface area contributed by atoms with Crippen molar-refractivity contribution in [2.24, 2.45) is 0 Å². The van der Waals surface area contributed by atoms with E-state index in [-0.39, 0.29) is 12.4 Å². The average Bonchev–Trinajstić information content (AvgIpc) is 2.28. The van der Waals surface area contributed by atoms with Gasteiger partial charge in [0.2, 0.25) is 5.78 Å². The minimum atomic E-state index is -0.964. The smallest absolute Gasteiger partial charge is 0.362 e. The largest absolute Gasteiger partial charge is 1.00 e. The Hall–Kier alpha value is -1.72. The van der Waals surface area contributed by atoms with Crippen LogP contribution >= 0.6 is 0 Å². The van der Waals surface area contributed by atoms with E-state index >= 15 is 0 Å². The van der Waals surface area contributed by atoms with Crippen LogP contribution in [0.4, 0.5) is 0 Å². The number of carbonyl (C=O) groups excluding carboxylic acids is 2. The molecular formula is C12H14ClNO4. The molecule has 0 aliphatic rings. The molecule has 98 valence electrons. The van der Waals surface area contributed by atoms with E-state index in [4.69, 9.17) is 5.11 Å². The monoisotopic (exact) mass is 271 g/mol. The zero-order valence-electron chi connectivity index (χ0n) is 9.85. The Morgan fingerprint density at radius 1 is 1.22 bits per heavy atom. The lowest BCUT2D eigenvalue weighted by atomic mass is 10.0. The molecule has 1 atom stereocenters. The van der Waals surface area contributed by atoms with Crippen LogP contribution < -0.4 is 18.1 Å². The molecule has 0 fully saturated rings. The van der Waals surface area contributed by atoms with Gasteiger partial charge in [0.15, 0.2) is 11.8 Å². The molecule has 1 aromatic rings. The fraction of sp³-hybridized carbons (Fsp3) is 0.250. The molecule has 18 heavy (non-hydrogen) atoms. The van der Waals surface area contributed by atoms with Crippen molar-refractivity contribution in [2.45, 2.75) is 19.4 Å². The number of hydrogen-bond donors (Lipinski definition) is 2. The highest BCUT2D eigenvalue weighted by Crippen LogP contribution is 2.07. The van der Waals surface area contributed by atoms with E-state index in [9.17, 15) is 14.4 Å². The summed E-state index contributed by atoms with van der Waals surface area (Å²) < 4.78 is 0. The van der Waals surface area contributed by atoms with Crippen molar-refractivity contribution >= 4 is 17.5 Å². The number of ketones is 2. The molecule has 0 aliphatic carbocycles. The number of benzene rings is 1. The number of aliphatic carboxylic acids is 1. The third kappa shape index (κ3) is 4.27. The third-order valence-corrected chi connectivity index (χ3v) is 2.37. The van der Waals surface area contributed by atoms with Crippen molar-refractivity contribution in [1.29, 1.82) is 0 Å². The minimum absolute atomic E-state index is 0. The zero-order valence-corrected chi connectivity index (χ0v) is 10.6. The number of Topliss-reactive ketones (excluding diaryl/α,β-unsaturated/α-hetero) is 2. The van der Waals surface area contributed by atoms with Gasteiger partial charge in [0.05, 0.1) is 0 Å². The number of halogens is 1. The van der Waals surface area contributed by atoms with Gasteiger partial charge in [-0.3, -0.25) is 9.59 Å². The quantitative estimate of drug-likeness (QED) is 0.433. The van der Waals surface area contributed by atoms with E-state index in [1.54, 1.807) is 12.1 Å². The van der Waals surface area contributed by atoms with Gasteiger partial charge in [0, 0.05) is 18.9 Å². The van der Waals surface area contributed by atoms with Crippen LogP contribution in [0, 0.1) is 0 Å². The Bertz CT molecular complexity index is 456. The molecule has 4 N–H and O–H groups in total. The first kappa shape index (κ1) is 16.3. The molecule has 0 spiro atoms. The number of rotatable bonds is 5. The molecule has 1 rings (SSSR count). The topological polar surface area (TPSA) is 99.1 Å². The van der Waals surface area contributed by atoms with Crippen molar-refractivity contribution in [1.82, 2.24) is 0 Å². The van der Waals surface area contributed by atoms with Crippen molar-refractivity contribution in [3.05, 3.63) is 35.4 Å². The highest BCUT2D eigenvalue weighted by atomic mass is 35.5. The number of carboxylic acid groups (broad SMARTS) is 1. The van der Waals surface area contributed by atoms with Gasteiger partial charge in [-0.15, -0.1) is 0 Å². The fourth-order valence-corrected chi connectivity index (χ4v) is 1.37. The number of quaternary nitrogens is 1. The van der Waals surface area contributed by atoms with Crippen molar-refractivity contribution in [3.8, 4) is 0 Å². The Kier molecular flexibility index (Phi) is 6.22. The number of carboxylic acids is 1. The summed E-state index contributed by atoms with van der Waals surface area (Å²) in [5.74, 6) is -2.02. The maximum atomic E-state index is 11.3. The summed E-state index contributed by atoms with van der Waals surface area (Å²) in [5, 5.41) is 8.70. The first-order chi connectivity index (χ1) is 7.91. The van der Waals surface area contributed by atoms with Crippen molar-refractivity contribution < 1.29 is 37.6 Å². The molecule has 5 nitrogen and oxygen atoms in total. The highest BCUT2D eigenvalue weighted by Gasteiger charge is 2.16. The van der Waals surface area contributed by atoms with Gasteiger partial charge in [-0.25, -0.2) is 4.79 Å². The Morgan fingerprint density at radius 3 is 2.11 bits per heavy atom. The molecule has 0 radical (unpaired) electrons. The zero-order chi connectivity index (χ0) is 13.0. The summed E-state index contributed by atoms with van der Waals surface area (Å²) in [6, 6.07) is 5.60. The third-order valence-electron chi connectivity index (χ3n) is 2.37. The van der Waals surface area contributed by atoms with Gasteiger partial charge in [-0.2, -0.15) is 0 Å². The SMILES string of the molecule is CC(=O)C(=O)c1ccc(CC([NH3+])C(=O)O)cc1.[Cl-]. The first-order valence-electron chi connectivity index (χ1n) is 5.12. The van der Waals surface area contributed by atoms with Gasteiger partial charge in [-0.05, 0) is 5.56 Å². The maximum Gasteiger partial charge on any atom is 0.362 e. The van der Waals surface area contributed by atoms with Crippen LogP contribution in [0.25, 0.3) is 0 Å². The predicted octanol–water partition coefficient (Wildman–Crippen LogP) is -3.30. The molecule has 0 amide bonds. The molecule has 6 heteroatoms. The standard InChI is InChI=1S/C12H13NO4.ClH/c1-7(14)11(15)9-4-2-8(3-5-9)6-10(13)12(16)17;/h2-5,10H,6,13H2,1H3,(H,16,17);1H. The van der Waals surface area contributed by atoms with Gasteiger partial charge >= 0.3 is 5.97 Å². The second kappa shape index (κ2) is 6.88. The van der Waals surface area contributed by atoms with Crippen molar-refractivity contribution in [3.63, 3.8) is 0 Å². The van der Waals surface area contributed by atoms with Crippen LogP contribution in [0.2, 0.25) is 0 Å². The summed E-state index contributed by atoms with van der Waals surface area (Å²) in [5.41, 5.74) is 4.59. The molecule has 1 unspecified atom stereocenters. The Labute approximate surface area is 110 Å². The van der Waals surface area contributed by atoms with E-state index < -0.39 is 23.6 Å². The Balaban J connectivity index is 0.00000289. The first-order valence-corrected chi connectivity index (χ1v) is 5.12. The van der Waals surface area contributed by atoms with E-state index in [1.165, 1.54) is 19.1 Å². The average molecular weight is 272 g/mol. The minimum Gasteiger partial charge on any atom is -1.00 e. The molecule has 0 aliphatic heterocycles. The summed E-state index contributed by atoms with van der Waals surface area (Å²) in [6.45, 7) is 1.21. The molecule has 0 saturated heterocycles. The lowest BCUT2D eigenvalue weighted by Gasteiger charge is -2.04. The number of carbonyl (C=O) groups is 3. The lowest BCUT2D eigenvalue weighted by Crippen LogP contribution is -3.00. The Morgan fingerprint density at radius 2 is 1.72 bits per heavy atom. The van der Waals surface area contributed by atoms with E-state index in [0.29, 0.717) is 12.0 Å². The molecule has 0 aromatic heterocycles. The van der Waals surface area contributed by atoms with Gasteiger partial charge in [0.25, 0.3) is 0 Å². The molecule has 0 heterocycles. The second-order valence-electron chi connectivity index (χ2n) is 3.82. The van der Waals surface area contributed by atoms with E-state index in [1.807, 2.05) is 0 Å². The summed E-state index contributed by atoms with van der Waals surface area (Å²) >= 11 is 0. The van der Waals surface area contributed by atoms with Crippen LogP contribution in [-0.4, -0.2) is 28.7 Å². The van der Waals surface area contributed by atoms with E-state index in [0.717, 1.165) is 5.56 Å². The van der Waals surface area contributed by atoms with Gasteiger partial charge < -0.3 is 23.2 Å². The van der Waals surface area contributed by atoms with Crippen LogP contribution in [0.1, 0.15) is 22.8 Å². The van der Waals surface area contributed by atoms with E-state index in [2.05, 4.69) is 5.73 Å². The normalized spacial score (nSPS) is 11.2. The number of hydrogen-bond acceptors (Lipinski definition) is 3. The fourth-order valence-electron chi connectivity index (χ4n) is 1.37. The molecule has 0 bridgehead atoms. The summed E-state index contributed by atoms with van der Waals surface area (Å²) in [4.78, 5) is 32.8. The van der Waals surface area contributed by atoms with Crippen LogP contribution in [0.5, 0.6) is 0 Å². The van der Waals surface area contributed by atoms with Crippen LogP contribution in [-0.2, 0) is 16.0 Å². The highest BCUT2D eigenvalue weighted by molar-refractivity contribution is 6.42. The second-order valence-corrected chi connectivity index (χ2v) is 3.82. The van der Waals surface area contributed by atoms with Crippen LogP contribution in [0.3, 0.4) is 0 Å². The summed E-state index contributed by atoms with van der Waals surface area (Å²) in [7, 11) is 0. The van der Waals surface area contributed by atoms with Crippen LogP contribution in [0.15, 0.2) is 24.3 Å². The predicted molar refractivity (Wildman–Crippen MR) is 59.5 cm³/mol. The van der Waals surface area contributed by atoms with Crippen molar-refractivity contribution in [2.75, 3.05) is 0 Å². The summed E-state index contributed by atoms with van der Waals surface area (Å²) in [6.07, 6.45) is 0.296. The van der Waals surface area contributed by atoms with Gasteiger partial charge in [0.1, 0.15) is 0 Å².